The van der Waals surface area contributed by atoms with Gasteiger partial charge in [0.1, 0.15) is 18.2 Å². The van der Waals surface area contributed by atoms with Gasteiger partial charge in [-0.25, -0.2) is 0 Å². The highest BCUT2D eigenvalue weighted by molar-refractivity contribution is 6.42. The number of allylic oxidation sites excluding steroid dienone is 1. The Morgan fingerprint density at radius 2 is 1.79 bits per heavy atom. The molecule has 0 aliphatic carbocycles. The van der Waals surface area contributed by atoms with E-state index in [1.165, 1.54) is 5.56 Å². The van der Waals surface area contributed by atoms with Crippen LogP contribution in [0.15, 0.2) is 54.3 Å². The fourth-order valence-electron chi connectivity index (χ4n) is 4.27. The van der Waals surface area contributed by atoms with E-state index in [1.807, 2.05) is 43.3 Å². The standard InChI is InChI=1S/C27H23Cl2NO3/c1-3-17-4-6-18(7-5-17)12-24-26(31)25-16(2)10-23-20(27(25)33-24)14-30(15-32-23)13-19-8-9-21(28)22(29)11-19/h4-12H,3,13-15H2,1-2H3/b24-12-. The lowest BCUT2D eigenvalue weighted by molar-refractivity contribution is 0.0872. The number of carbonyl (C=O) groups is 1. The molecule has 0 saturated carbocycles. The Morgan fingerprint density at radius 1 is 1.03 bits per heavy atom. The number of benzene rings is 3. The molecule has 3 aromatic rings. The average molecular weight is 480 g/mol. The maximum absolute atomic E-state index is 13.2. The second-order valence-corrected chi connectivity index (χ2v) is 9.23. The van der Waals surface area contributed by atoms with Crippen LogP contribution in [0.4, 0.5) is 0 Å². The van der Waals surface area contributed by atoms with E-state index in [9.17, 15) is 4.79 Å². The molecule has 6 heteroatoms. The fraction of sp³-hybridized carbons (Fsp3) is 0.222. The van der Waals surface area contributed by atoms with E-state index in [-0.39, 0.29) is 5.78 Å². The summed E-state index contributed by atoms with van der Waals surface area (Å²) in [5.41, 5.74) is 5.59. The summed E-state index contributed by atoms with van der Waals surface area (Å²) in [7, 11) is 0. The quantitative estimate of drug-likeness (QED) is 0.384. The summed E-state index contributed by atoms with van der Waals surface area (Å²) in [5, 5.41) is 1.06. The van der Waals surface area contributed by atoms with Crippen LogP contribution in [-0.2, 0) is 19.5 Å². The number of hydrogen-bond donors (Lipinski definition) is 0. The van der Waals surface area contributed by atoms with E-state index in [2.05, 4.69) is 24.0 Å². The Hall–Kier alpha value is -2.79. The number of nitrogens with zero attached hydrogens (tertiary/aromatic N) is 1. The molecule has 0 saturated heterocycles. The van der Waals surface area contributed by atoms with Crippen molar-refractivity contribution < 1.29 is 14.3 Å². The first-order valence-electron chi connectivity index (χ1n) is 10.9. The topological polar surface area (TPSA) is 38.8 Å². The van der Waals surface area contributed by atoms with E-state index >= 15 is 0 Å². The smallest absolute Gasteiger partial charge is 0.232 e. The van der Waals surface area contributed by atoms with E-state index in [1.54, 1.807) is 6.07 Å². The Kier molecular flexibility index (Phi) is 5.92. The first-order chi connectivity index (χ1) is 15.9. The normalized spacial score (nSPS) is 16.4. The molecule has 0 amide bonds. The minimum Gasteiger partial charge on any atom is -0.478 e. The summed E-state index contributed by atoms with van der Waals surface area (Å²) in [6.45, 7) is 5.71. The van der Waals surface area contributed by atoms with Gasteiger partial charge in [0.2, 0.25) is 5.78 Å². The first kappa shape index (κ1) is 22.0. The van der Waals surface area contributed by atoms with Crippen molar-refractivity contribution in [3.8, 4) is 11.5 Å². The number of ketones is 1. The third-order valence-electron chi connectivity index (χ3n) is 6.06. The molecule has 0 atom stereocenters. The molecule has 0 fully saturated rings. The molecule has 0 aromatic heterocycles. The molecular formula is C27H23Cl2NO3. The van der Waals surface area contributed by atoms with Crippen molar-refractivity contribution in [1.29, 1.82) is 0 Å². The van der Waals surface area contributed by atoms with Crippen LogP contribution in [-0.4, -0.2) is 17.4 Å². The summed E-state index contributed by atoms with van der Waals surface area (Å²) in [4.78, 5) is 15.3. The molecule has 3 aromatic carbocycles. The number of halogens is 2. The Bertz CT molecular complexity index is 1280. The number of carbonyl (C=O) groups excluding carboxylic acids is 1. The summed E-state index contributed by atoms with van der Waals surface area (Å²) >= 11 is 12.2. The highest BCUT2D eigenvalue weighted by atomic mass is 35.5. The van der Waals surface area contributed by atoms with Gasteiger partial charge in [-0.2, -0.15) is 0 Å². The molecular weight excluding hydrogens is 457 g/mol. The molecule has 2 aliphatic rings. The van der Waals surface area contributed by atoms with Crippen molar-refractivity contribution in [1.82, 2.24) is 4.90 Å². The van der Waals surface area contributed by atoms with E-state index in [0.29, 0.717) is 46.9 Å². The van der Waals surface area contributed by atoms with E-state index in [4.69, 9.17) is 32.7 Å². The van der Waals surface area contributed by atoms with Crippen LogP contribution < -0.4 is 9.47 Å². The summed E-state index contributed by atoms with van der Waals surface area (Å²) < 4.78 is 12.2. The second-order valence-electron chi connectivity index (χ2n) is 8.42. The minimum absolute atomic E-state index is 0.0912. The van der Waals surface area contributed by atoms with Crippen LogP contribution in [0.2, 0.25) is 10.0 Å². The van der Waals surface area contributed by atoms with Gasteiger partial charge in [0.15, 0.2) is 5.76 Å². The third-order valence-corrected chi connectivity index (χ3v) is 6.80. The van der Waals surface area contributed by atoms with Crippen LogP contribution in [0.3, 0.4) is 0 Å². The lowest BCUT2D eigenvalue weighted by Crippen LogP contribution is -2.31. The zero-order chi connectivity index (χ0) is 23.1. The molecule has 0 N–H and O–H groups in total. The lowest BCUT2D eigenvalue weighted by atomic mass is 9.98. The zero-order valence-electron chi connectivity index (χ0n) is 18.5. The van der Waals surface area contributed by atoms with Gasteiger partial charge in [0.05, 0.1) is 21.2 Å². The van der Waals surface area contributed by atoms with Crippen molar-refractivity contribution in [3.63, 3.8) is 0 Å². The van der Waals surface area contributed by atoms with Crippen LogP contribution in [0.25, 0.3) is 6.08 Å². The highest BCUT2D eigenvalue weighted by Crippen LogP contribution is 2.44. The molecule has 0 unspecified atom stereocenters. The first-order valence-corrected chi connectivity index (χ1v) is 11.7. The molecule has 33 heavy (non-hydrogen) atoms. The maximum atomic E-state index is 13.2. The largest absolute Gasteiger partial charge is 0.478 e. The Labute approximate surface area is 203 Å². The van der Waals surface area contributed by atoms with Crippen LogP contribution in [0, 0.1) is 6.92 Å². The molecule has 2 heterocycles. The average Bonchev–Trinajstić information content (AvgIpc) is 3.14. The van der Waals surface area contributed by atoms with Crippen molar-refractivity contribution in [2.24, 2.45) is 0 Å². The van der Waals surface area contributed by atoms with Crippen LogP contribution in [0.5, 0.6) is 11.5 Å². The third kappa shape index (κ3) is 4.26. The SMILES string of the molecule is CCc1ccc(/C=C2\Oc3c4c(cc(C)c3C2=O)OCN(Cc2ccc(Cl)c(Cl)c2)C4)cc1. The van der Waals surface area contributed by atoms with Gasteiger partial charge in [-0.3, -0.25) is 9.69 Å². The maximum Gasteiger partial charge on any atom is 0.232 e. The van der Waals surface area contributed by atoms with Crippen molar-refractivity contribution >= 4 is 35.1 Å². The molecule has 0 spiro atoms. The Balaban J connectivity index is 1.43. The summed E-state index contributed by atoms with van der Waals surface area (Å²) in [6, 6.07) is 15.7. The molecule has 0 bridgehead atoms. The van der Waals surface area contributed by atoms with Crippen molar-refractivity contribution in [2.75, 3.05) is 6.73 Å². The van der Waals surface area contributed by atoms with Gasteiger partial charge in [-0.15, -0.1) is 0 Å². The van der Waals surface area contributed by atoms with Gasteiger partial charge in [-0.1, -0.05) is 60.5 Å². The van der Waals surface area contributed by atoms with Gasteiger partial charge in [-0.05, 0) is 59.9 Å². The number of Topliss-reactive ketones (excluding diaryl/α,β-unsaturated/α-hetero) is 1. The molecule has 4 nitrogen and oxygen atoms in total. The fourth-order valence-corrected chi connectivity index (χ4v) is 4.60. The van der Waals surface area contributed by atoms with Gasteiger partial charge in [0.25, 0.3) is 0 Å². The number of aryl methyl sites for hydroxylation is 2. The number of ether oxygens (including phenoxy) is 2. The second kappa shape index (κ2) is 8.86. The van der Waals surface area contributed by atoms with Crippen LogP contribution in [0.1, 0.15) is 45.1 Å². The molecule has 5 rings (SSSR count). The molecule has 0 radical (unpaired) electrons. The summed E-state index contributed by atoms with van der Waals surface area (Å²) in [5.74, 6) is 1.61. The minimum atomic E-state index is -0.0912. The highest BCUT2D eigenvalue weighted by Gasteiger charge is 2.35. The summed E-state index contributed by atoms with van der Waals surface area (Å²) in [6.07, 6.45) is 2.78. The van der Waals surface area contributed by atoms with Crippen molar-refractivity contribution in [2.45, 2.75) is 33.4 Å². The number of hydrogen-bond acceptors (Lipinski definition) is 4. The monoisotopic (exact) mass is 479 g/mol. The van der Waals surface area contributed by atoms with Gasteiger partial charge in [0, 0.05) is 13.1 Å². The van der Waals surface area contributed by atoms with E-state index < -0.39 is 0 Å². The molecule has 168 valence electrons. The van der Waals surface area contributed by atoms with Gasteiger partial charge < -0.3 is 9.47 Å². The van der Waals surface area contributed by atoms with E-state index in [0.717, 1.165) is 34.4 Å². The predicted molar refractivity (Wildman–Crippen MR) is 131 cm³/mol. The van der Waals surface area contributed by atoms with Crippen LogP contribution >= 0.6 is 23.2 Å². The van der Waals surface area contributed by atoms with Crippen molar-refractivity contribution in [3.05, 3.63) is 97.7 Å². The van der Waals surface area contributed by atoms with Gasteiger partial charge >= 0.3 is 0 Å². The zero-order valence-corrected chi connectivity index (χ0v) is 20.0. The Morgan fingerprint density at radius 3 is 2.52 bits per heavy atom. The predicted octanol–water partition coefficient (Wildman–Crippen LogP) is 6.83. The number of rotatable bonds is 4. The molecule has 2 aliphatic heterocycles. The lowest BCUT2D eigenvalue weighted by Gasteiger charge is -2.30. The number of fused-ring (bicyclic) bond motifs is 3.